The lowest BCUT2D eigenvalue weighted by Gasteiger charge is -2.06. The van der Waals surface area contributed by atoms with Crippen molar-refractivity contribution in [2.45, 2.75) is 6.54 Å². The number of nitrogens with one attached hydrogen (secondary N) is 1. The highest BCUT2D eigenvalue weighted by Gasteiger charge is 2.05. The molecule has 1 N–H and O–H groups in total. The molecule has 0 unspecified atom stereocenters. The second-order valence-electron chi connectivity index (χ2n) is 4.44. The highest BCUT2D eigenvalue weighted by atomic mass is 35.5. The van der Waals surface area contributed by atoms with Crippen LogP contribution in [-0.2, 0) is 6.54 Å². The van der Waals surface area contributed by atoms with Crippen LogP contribution in [-0.4, -0.2) is 15.0 Å². The quantitative estimate of drug-likeness (QED) is 0.799. The minimum Gasteiger partial charge on any atom is -0.378 e. The van der Waals surface area contributed by atoms with Crippen LogP contribution in [0, 0.1) is 5.82 Å². The second kappa shape index (κ2) is 5.93. The van der Waals surface area contributed by atoms with E-state index < -0.39 is 0 Å². The fourth-order valence-corrected chi connectivity index (χ4v) is 2.06. The number of rotatable bonds is 4. The van der Waals surface area contributed by atoms with Crippen LogP contribution in [0.5, 0.6) is 0 Å². The summed E-state index contributed by atoms with van der Waals surface area (Å²) in [6, 6.07) is 13.8. The van der Waals surface area contributed by atoms with Crippen molar-refractivity contribution in [2.24, 2.45) is 0 Å². The maximum atomic E-state index is 13.2. The Morgan fingerprint density at radius 2 is 1.95 bits per heavy atom. The van der Waals surface area contributed by atoms with Crippen molar-refractivity contribution in [3.05, 3.63) is 71.3 Å². The lowest BCUT2D eigenvalue weighted by molar-refractivity contribution is 0.628. The van der Waals surface area contributed by atoms with Crippen LogP contribution in [0.1, 0.15) is 5.69 Å². The van der Waals surface area contributed by atoms with Gasteiger partial charge in [0.15, 0.2) is 0 Å². The number of anilines is 1. The predicted molar refractivity (Wildman–Crippen MR) is 80.1 cm³/mol. The van der Waals surface area contributed by atoms with Gasteiger partial charge in [-0.2, -0.15) is 15.0 Å². The first-order valence-electron chi connectivity index (χ1n) is 6.38. The molecular formula is C15H12ClFN4. The zero-order valence-electron chi connectivity index (χ0n) is 11.0. The average Bonchev–Trinajstić information content (AvgIpc) is 2.98. The third kappa shape index (κ3) is 3.20. The molecule has 2 aromatic carbocycles. The predicted octanol–water partition coefficient (Wildman–Crippen LogP) is 3.67. The summed E-state index contributed by atoms with van der Waals surface area (Å²) in [5.41, 5.74) is 2.15. The molecule has 6 heteroatoms. The van der Waals surface area contributed by atoms with Crippen LogP contribution in [0.4, 0.5) is 10.1 Å². The largest absolute Gasteiger partial charge is 0.378 e. The molecule has 0 aliphatic rings. The monoisotopic (exact) mass is 302 g/mol. The molecule has 0 bridgehead atoms. The van der Waals surface area contributed by atoms with Gasteiger partial charge < -0.3 is 5.32 Å². The zero-order valence-corrected chi connectivity index (χ0v) is 11.8. The topological polar surface area (TPSA) is 42.7 Å². The van der Waals surface area contributed by atoms with Crippen molar-refractivity contribution in [3.8, 4) is 5.69 Å². The smallest absolute Gasteiger partial charge is 0.125 e. The van der Waals surface area contributed by atoms with Crippen LogP contribution >= 0.6 is 11.6 Å². The summed E-state index contributed by atoms with van der Waals surface area (Å²) in [5, 5.41) is 12.1. The summed E-state index contributed by atoms with van der Waals surface area (Å²) in [6.45, 7) is 0.413. The van der Waals surface area contributed by atoms with E-state index in [9.17, 15) is 4.39 Å². The van der Waals surface area contributed by atoms with Gasteiger partial charge in [-0.3, -0.25) is 0 Å². The Morgan fingerprint density at radius 3 is 2.76 bits per heavy atom. The molecule has 3 rings (SSSR count). The molecule has 1 heterocycles. The van der Waals surface area contributed by atoms with Crippen molar-refractivity contribution >= 4 is 17.3 Å². The first kappa shape index (κ1) is 13.6. The molecular weight excluding hydrogens is 291 g/mol. The maximum absolute atomic E-state index is 13.2. The van der Waals surface area contributed by atoms with E-state index in [-0.39, 0.29) is 5.82 Å². The molecule has 3 aromatic rings. The number of halogens is 2. The van der Waals surface area contributed by atoms with E-state index in [4.69, 9.17) is 11.6 Å². The molecule has 4 nitrogen and oxygen atoms in total. The SMILES string of the molecule is Fc1ccc(Cl)c(NCc2cnn(-c3ccccc3)n2)c1. The van der Waals surface area contributed by atoms with E-state index >= 15 is 0 Å². The van der Waals surface area contributed by atoms with Crippen LogP contribution < -0.4 is 5.32 Å². The molecule has 21 heavy (non-hydrogen) atoms. The van der Waals surface area contributed by atoms with E-state index in [1.54, 1.807) is 11.0 Å². The van der Waals surface area contributed by atoms with E-state index in [2.05, 4.69) is 15.5 Å². The first-order valence-corrected chi connectivity index (χ1v) is 6.76. The summed E-state index contributed by atoms with van der Waals surface area (Å²) >= 11 is 5.99. The Labute approximate surface area is 126 Å². The lowest BCUT2D eigenvalue weighted by atomic mass is 10.3. The Morgan fingerprint density at radius 1 is 1.14 bits per heavy atom. The standard InChI is InChI=1S/C15H12ClFN4/c16-14-7-6-11(17)8-15(14)18-9-12-10-19-21(20-12)13-4-2-1-3-5-13/h1-8,10,18H,9H2. The Kier molecular flexibility index (Phi) is 3.83. The van der Waals surface area contributed by atoms with E-state index in [1.165, 1.54) is 18.2 Å². The van der Waals surface area contributed by atoms with Crippen LogP contribution in [0.25, 0.3) is 5.69 Å². The first-order chi connectivity index (χ1) is 10.2. The van der Waals surface area contributed by atoms with E-state index in [0.29, 0.717) is 17.3 Å². The molecule has 0 saturated carbocycles. The van der Waals surface area contributed by atoms with Crippen molar-refractivity contribution in [1.29, 1.82) is 0 Å². The molecule has 0 aliphatic heterocycles. The summed E-state index contributed by atoms with van der Waals surface area (Å²) in [5.74, 6) is -0.338. The van der Waals surface area contributed by atoms with Crippen LogP contribution in [0.3, 0.4) is 0 Å². The van der Waals surface area contributed by atoms with Crippen molar-refractivity contribution in [3.63, 3.8) is 0 Å². The molecule has 0 radical (unpaired) electrons. The molecule has 1 aromatic heterocycles. The fraction of sp³-hybridized carbons (Fsp3) is 0.0667. The number of aromatic nitrogens is 3. The van der Waals surface area contributed by atoms with Gasteiger partial charge in [0.2, 0.25) is 0 Å². The molecule has 0 fully saturated rings. The fourth-order valence-electron chi connectivity index (χ4n) is 1.88. The summed E-state index contributed by atoms with van der Waals surface area (Å²) in [6.07, 6.45) is 1.66. The third-order valence-electron chi connectivity index (χ3n) is 2.91. The van der Waals surface area contributed by atoms with Gasteiger partial charge in [-0.15, -0.1) is 0 Å². The number of hydrogen-bond acceptors (Lipinski definition) is 3. The highest BCUT2D eigenvalue weighted by Crippen LogP contribution is 2.22. The normalized spacial score (nSPS) is 10.6. The van der Waals surface area contributed by atoms with Crippen molar-refractivity contribution < 1.29 is 4.39 Å². The molecule has 106 valence electrons. The van der Waals surface area contributed by atoms with Gasteiger partial charge in [-0.05, 0) is 30.3 Å². The highest BCUT2D eigenvalue weighted by molar-refractivity contribution is 6.33. The van der Waals surface area contributed by atoms with E-state index in [1.807, 2.05) is 30.3 Å². The summed E-state index contributed by atoms with van der Waals surface area (Å²) in [4.78, 5) is 1.55. The van der Waals surface area contributed by atoms with Gasteiger partial charge >= 0.3 is 0 Å². The molecule has 0 spiro atoms. The Hall–Kier alpha value is -2.40. The van der Waals surface area contributed by atoms with Crippen LogP contribution in [0.2, 0.25) is 5.02 Å². The Bertz CT molecular complexity index is 742. The third-order valence-corrected chi connectivity index (χ3v) is 3.24. The van der Waals surface area contributed by atoms with Gasteiger partial charge in [0.1, 0.15) is 11.5 Å². The molecule has 0 aliphatic carbocycles. The number of nitrogens with zero attached hydrogens (tertiary/aromatic N) is 3. The molecule has 0 amide bonds. The van der Waals surface area contributed by atoms with Crippen molar-refractivity contribution in [1.82, 2.24) is 15.0 Å². The zero-order chi connectivity index (χ0) is 14.7. The number of benzene rings is 2. The second-order valence-corrected chi connectivity index (χ2v) is 4.85. The number of hydrogen-bond donors (Lipinski definition) is 1. The average molecular weight is 303 g/mol. The van der Waals surface area contributed by atoms with Gasteiger partial charge in [0.25, 0.3) is 0 Å². The van der Waals surface area contributed by atoms with Gasteiger partial charge in [-0.25, -0.2) is 4.39 Å². The maximum Gasteiger partial charge on any atom is 0.125 e. The minimum atomic E-state index is -0.338. The summed E-state index contributed by atoms with van der Waals surface area (Å²) < 4.78 is 13.2. The van der Waals surface area contributed by atoms with Crippen LogP contribution in [0.15, 0.2) is 54.7 Å². The van der Waals surface area contributed by atoms with Gasteiger partial charge in [-0.1, -0.05) is 29.8 Å². The Balaban J connectivity index is 1.72. The van der Waals surface area contributed by atoms with Crippen molar-refractivity contribution in [2.75, 3.05) is 5.32 Å². The van der Waals surface area contributed by atoms with E-state index in [0.717, 1.165) is 11.4 Å². The minimum absolute atomic E-state index is 0.338. The van der Waals surface area contributed by atoms with Gasteiger partial charge in [0, 0.05) is 0 Å². The molecule has 0 saturated heterocycles. The summed E-state index contributed by atoms with van der Waals surface area (Å²) in [7, 11) is 0. The lowest BCUT2D eigenvalue weighted by Crippen LogP contribution is -2.03. The number of para-hydroxylation sites is 1. The van der Waals surface area contributed by atoms with Gasteiger partial charge in [0.05, 0.1) is 29.1 Å². The molecule has 0 atom stereocenters.